The number of nitrogens with zero attached hydrogens (tertiary/aromatic N) is 3. The highest BCUT2D eigenvalue weighted by atomic mass is 15.3. The fourth-order valence-electron chi connectivity index (χ4n) is 2.04. The minimum Gasteiger partial charge on any atom is -0.356 e. The van der Waals surface area contributed by atoms with Gasteiger partial charge in [0, 0.05) is 25.1 Å². The first kappa shape index (κ1) is 13.1. The van der Waals surface area contributed by atoms with Crippen molar-refractivity contribution in [3.8, 4) is 0 Å². The smallest absolute Gasteiger partial charge is 0.145 e. The van der Waals surface area contributed by atoms with Crippen molar-refractivity contribution in [1.29, 1.82) is 0 Å². The average molecular weight is 249 g/mol. The molecule has 1 aliphatic rings. The molecular formula is C13H23N5. The van der Waals surface area contributed by atoms with Gasteiger partial charge in [-0.3, -0.25) is 0 Å². The number of aromatic nitrogens is 2. The summed E-state index contributed by atoms with van der Waals surface area (Å²) in [6.45, 7) is 8.53. The first-order valence-corrected chi connectivity index (χ1v) is 6.74. The van der Waals surface area contributed by atoms with Crippen LogP contribution in [0.5, 0.6) is 0 Å². The predicted molar refractivity (Wildman–Crippen MR) is 74.5 cm³/mol. The monoisotopic (exact) mass is 249 g/mol. The summed E-state index contributed by atoms with van der Waals surface area (Å²) >= 11 is 0. The van der Waals surface area contributed by atoms with Gasteiger partial charge in [-0.25, -0.2) is 15.8 Å². The first-order valence-electron chi connectivity index (χ1n) is 6.74. The summed E-state index contributed by atoms with van der Waals surface area (Å²) in [4.78, 5) is 11.4. The summed E-state index contributed by atoms with van der Waals surface area (Å²) in [5.41, 5.74) is 2.64. The zero-order chi connectivity index (χ0) is 13.1. The molecule has 18 heavy (non-hydrogen) atoms. The van der Waals surface area contributed by atoms with E-state index in [4.69, 9.17) is 5.84 Å². The van der Waals surface area contributed by atoms with Crippen molar-refractivity contribution >= 4 is 11.6 Å². The SMILES string of the molecule is CCN(CC(C)C)c1cc(NN)nc(C2CC2)n1. The Morgan fingerprint density at radius 2 is 2.17 bits per heavy atom. The van der Waals surface area contributed by atoms with Crippen molar-refractivity contribution in [2.45, 2.75) is 39.5 Å². The van der Waals surface area contributed by atoms with Gasteiger partial charge in [0.2, 0.25) is 0 Å². The van der Waals surface area contributed by atoms with E-state index in [1.807, 2.05) is 6.07 Å². The number of anilines is 2. The maximum Gasteiger partial charge on any atom is 0.145 e. The molecular weight excluding hydrogens is 226 g/mol. The van der Waals surface area contributed by atoms with Crippen LogP contribution in [0.4, 0.5) is 11.6 Å². The quantitative estimate of drug-likeness (QED) is 0.597. The van der Waals surface area contributed by atoms with E-state index in [2.05, 4.69) is 41.1 Å². The van der Waals surface area contributed by atoms with Crippen molar-refractivity contribution in [1.82, 2.24) is 9.97 Å². The normalized spacial score (nSPS) is 14.9. The van der Waals surface area contributed by atoms with Gasteiger partial charge < -0.3 is 10.3 Å². The largest absolute Gasteiger partial charge is 0.356 e. The van der Waals surface area contributed by atoms with Gasteiger partial charge in [0.05, 0.1) is 0 Å². The van der Waals surface area contributed by atoms with Crippen LogP contribution in [0.25, 0.3) is 0 Å². The Labute approximate surface area is 109 Å². The van der Waals surface area contributed by atoms with E-state index < -0.39 is 0 Å². The lowest BCUT2D eigenvalue weighted by molar-refractivity contribution is 0.613. The molecule has 1 saturated carbocycles. The third-order valence-corrected chi connectivity index (χ3v) is 3.11. The fraction of sp³-hybridized carbons (Fsp3) is 0.692. The lowest BCUT2D eigenvalue weighted by atomic mass is 10.2. The molecule has 0 aromatic carbocycles. The standard InChI is InChI=1S/C13H23N5/c1-4-18(8-9(2)3)12-7-11(17-14)15-13(16-12)10-5-6-10/h7,9-10H,4-6,8,14H2,1-3H3,(H,15,16,17). The molecule has 0 spiro atoms. The number of hydrazine groups is 1. The number of nitrogens with one attached hydrogen (secondary N) is 1. The third-order valence-electron chi connectivity index (χ3n) is 3.11. The van der Waals surface area contributed by atoms with Crippen LogP contribution in [0.1, 0.15) is 45.4 Å². The molecule has 5 nitrogen and oxygen atoms in total. The topological polar surface area (TPSA) is 67.1 Å². The Hall–Kier alpha value is -1.36. The molecule has 100 valence electrons. The molecule has 0 aliphatic heterocycles. The Morgan fingerprint density at radius 1 is 1.44 bits per heavy atom. The van der Waals surface area contributed by atoms with Crippen LogP contribution in [-0.2, 0) is 0 Å². The van der Waals surface area contributed by atoms with Gasteiger partial charge >= 0.3 is 0 Å². The summed E-state index contributed by atoms with van der Waals surface area (Å²) in [7, 11) is 0. The molecule has 0 saturated heterocycles. The zero-order valence-electron chi connectivity index (χ0n) is 11.5. The van der Waals surface area contributed by atoms with Crippen molar-refractivity contribution in [2.75, 3.05) is 23.4 Å². The van der Waals surface area contributed by atoms with Crippen LogP contribution in [0, 0.1) is 5.92 Å². The number of nitrogens with two attached hydrogens (primary N) is 1. The maximum atomic E-state index is 5.49. The maximum absolute atomic E-state index is 5.49. The Bertz CT molecular complexity index is 400. The summed E-state index contributed by atoms with van der Waals surface area (Å²) in [5.74, 6) is 9.27. The molecule has 3 N–H and O–H groups in total. The second kappa shape index (κ2) is 5.52. The van der Waals surface area contributed by atoms with Crippen LogP contribution < -0.4 is 16.2 Å². The van der Waals surface area contributed by atoms with Gasteiger partial charge in [0.15, 0.2) is 0 Å². The average Bonchev–Trinajstić information content (AvgIpc) is 3.19. The molecule has 0 amide bonds. The van der Waals surface area contributed by atoms with E-state index in [0.717, 1.165) is 24.7 Å². The second-order valence-corrected chi connectivity index (χ2v) is 5.32. The van der Waals surface area contributed by atoms with Gasteiger partial charge in [0.25, 0.3) is 0 Å². The van der Waals surface area contributed by atoms with Gasteiger partial charge in [-0.15, -0.1) is 0 Å². The molecule has 2 rings (SSSR count). The van der Waals surface area contributed by atoms with E-state index in [9.17, 15) is 0 Å². The van der Waals surface area contributed by atoms with Crippen LogP contribution in [0.3, 0.4) is 0 Å². The lowest BCUT2D eigenvalue weighted by Gasteiger charge is -2.24. The minimum absolute atomic E-state index is 0.537. The number of nitrogen functional groups attached to an aromatic ring is 1. The first-order chi connectivity index (χ1) is 8.63. The molecule has 1 fully saturated rings. The molecule has 0 radical (unpaired) electrons. The summed E-state index contributed by atoms with van der Waals surface area (Å²) in [6.07, 6.45) is 2.40. The highest BCUT2D eigenvalue weighted by Gasteiger charge is 2.27. The van der Waals surface area contributed by atoms with E-state index in [1.165, 1.54) is 12.8 Å². The van der Waals surface area contributed by atoms with Gasteiger partial charge in [-0.05, 0) is 25.7 Å². The molecule has 1 aromatic rings. The third kappa shape index (κ3) is 3.10. The highest BCUT2D eigenvalue weighted by molar-refractivity contribution is 5.49. The Morgan fingerprint density at radius 3 is 2.67 bits per heavy atom. The van der Waals surface area contributed by atoms with Crippen LogP contribution in [-0.4, -0.2) is 23.1 Å². The Kier molecular flexibility index (Phi) is 4.01. The fourth-order valence-corrected chi connectivity index (χ4v) is 2.04. The van der Waals surface area contributed by atoms with Crippen molar-refractivity contribution in [2.24, 2.45) is 11.8 Å². The minimum atomic E-state index is 0.537. The van der Waals surface area contributed by atoms with E-state index >= 15 is 0 Å². The van der Waals surface area contributed by atoms with Crippen molar-refractivity contribution in [3.63, 3.8) is 0 Å². The molecule has 0 unspecified atom stereocenters. The highest BCUT2D eigenvalue weighted by Crippen LogP contribution is 2.39. The van der Waals surface area contributed by atoms with E-state index in [-0.39, 0.29) is 0 Å². The zero-order valence-corrected chi connectivity index (χ0v) is 11.5. The number of rotatable bonds is 6. The predicted octanol–water partition coefficient (Wildman–Crippen LogP) is 2.12. The molecule has 0 atom stereocenters. The van der Waals surface area contributed by atoms with Crippen LogP contribution in [0.2, 0.25) is 0 Å². The van der Waals surface area contributed by atoms with Crippen molar-refractivity contribution in [3.05, 3.63) is 11.9 Å². The second-order valence-electron chi connectivity index (χ2n) is 5.32. The van der Waals surface area contributed by atoms with Gasteiger partial charge in [0.1, 0.15) is 17.5 Å². The molecule has 1 heterocycles. The van der Waals surface area contributed by atoms with Gasteiger partial charge in [-0.2, -0.15) is 0 Å². The Balaban J connectivity index is 2.26. The summed E-state index contributed by atoms with van der Waals surface area (Å²) in [5, 5.41) is 0. The van der Waals surface area contributed by atoms with Gasteiger partial charge in [-0.1, -0.05) is 13.8 Å². The van der Waals surface area contributed by atoms with E-state index in [0.29, 0.717) is 17.7 Å². The van der Waals surface area contributed by atoms with E-state index in [1.54, 1.807) is 0 Å². The lowest BCUT2D eigenvalue weighted by Crippen LogP contribution is -2.28. The molecule has 1 aliphatic carbocycles. The molecule has 1 aromatic heterocycles. The summed E-state index contributed by atoms with van der Waals surface area (Å²) < 4.78 is 0. The van der Waals surface area contributed by atoms with Crippen LogP contribution >= 0.6 is 0 Å². The van der Waals surface area contributed by atoms with Crippen molar-refractivity contribution < 1.29 is 0 Å². The number of hydrogen-bond acceptors (Lipinski definition) is 5. The molecule has 0 bridgehead atoms. The summed E-state index contributed by atoms with van der Waals surface area (Å²) in [6, 6.07) is 1.93. The number of hydrogen-bond donors (Lipinski definition) is 2. The van der Waals surface area contributed by atoms with Crippen LogP contribution in [0.15, 0.2) is 6.07 Å². The molecule has 5 heteroatoms.